The van der Waals surface area contributed by atoms with Gasteiger partial charge in [-0.25, -0.2) is 4.39 Å². The van der Waals surface area contributed by atoms with E-state index >= 15 is 0 Å². The summed E-state index contributed by atoms with van der Waals surface area (Å²) in [6.07, 6.45) is 2.03. The number of benzene rings is 1. The third kappa shape index (κ3) is 2.83. The fourth-order valence-corrected chi connectivity index (χ4v) is 1.89. The number of halogens is 1. The summed E-state index contributed by atoms with van der Waals surface area (Å²) in [5.74, 6) is 0.214. The Morgan fingerprint density at radius 1 is 1.33 bits per heavy atom. The van der Waals surface area contributed by atoms with E-state index in [2.05, 4.69) is 16.8 Å². The Morgan fingerprint density at radius 3 is 2.89 bits per heavy atom. The van der Waals surface area contributed by atoms with Gasteiger partial charge in [0.2, 0.25) is 0 Å². The van der Waals surface area contributed by atoms with E-state index < -0.39 is 0 Å². The highest BCUT2D eigenvalue weighted by atomic mass is 19.1. The van der Waals surface area contributed by atoms with Crippen molar-refractivity contribution < 1.29 is 9.13 Å². The summed E-state index contributed by atoms with van der Waals surface area (Å²) in [4.78, 5) is 0. The predicted octanol–water partition coefficient (Wildman–Crippen LogP) is 3.27. The smallest absolute Gasteiger partial charge is 0.128 e. The highest BCUT2D eigenvalue weighted by Gasteiger charge is 2.02. The average Bonchev–Trinajstić information content (AvgIpc) is 2.83. The quantitative estimate of drug-likeness (QED) is 0.879. The van der Waals surface area contributed by atoms with Crippen LogP contribution in [-0.4, -0.2) is 11.7 Å². The molecule has 0 aliphatic heterocycles. The monoisotopic (exact) mass is 248 g/mol. The van der Waals surface area contributed by atoms with Crippen molar-refractivity contribution in [3.63, 3.8) is 0 Å². The van der Waals surface area contributed by atoms with Crippen LogP contribution in [0.2, 0.25) is 0 Å². The first-order valence-corrected chi connectivity index (χ1v) is 5.95. The number of hydrogen-bond acceptors (Lipinski definition) is 2. The van der Waals surface area contributed by atoms with Crippen molar-refractivity contribution in [2.75, 3.05) is 12.4 Å². The molecular weight excluding hydrogens is 231 g/mol. The Labute approximate surface area is 106 Å². The number of rotatable bonds is 5. The van der Waals surface area contributed by atoms with Crippen molar-refractivity contribution in [3.8, 4) is 5.75 Å². The van der Waals surface area contributed by atoms with Crippen molar-refractivity contribution in [2.24, 2.45) is 0 Å². The molecule has 0 aliphatic carbocycles. The lowest BCUT2D eigenvalue weighted by Crippen LogP contribution is -2.06. The molecule has 0 bridgehead atoms. The Kier molecular flexibility index (Phi) is 3.87. The van der Waals surface area contributed by atoms with Gasteiger partial charge in [-0.05, 0) is 25.1 Å². The van der Waals surface area contributed by atoms with Crippen molar-refractivity contribution in [3.05, 3.63) is 48.0 Å². The molecular formula is C14H17FN2O. The molecule has 0 fully saturated rings. The van der Waals surface area contributed by atoms with Crippen molar-refractivity contribution in [2.45, 2.75) is 20.0 Å². The minimum absolute atomic E-state index is 0.303. The highest BCUT2D eigenvalue weighted by molar-refractivity contribution is 5.48. The Bertz CT molecular complexity index is 522. The molecule has 1 aromatic heterocycles. The van der Waals surface area contributed by atoms with Crippen LogP contribution in [0, 0.1) is 5.82 Å². The van der Waals surface area contributed by atoms with E-state index in [-0.39, 0.29) is 5.82 Å². The Balaban J connectivity index is 2.08. The normalized spacial score (nSPS) is 10.4. The van der Waals surface area contributed by atoms with Crippen LogP contribution in [-0.2, 0) is 13.1 Å². The number of hydrogen-bond donors (Lipinski definition) is 1. The van der Waals surface area contributed by atoms with Gasteiger partial charge in [-0.3, -0.25) is 0 Å². The van der Waals surface area contributed by atoms with Crippen molar-refractivity contribution in [1.82, 2.24) is 4.57 Å². The number of anilines is 1. The van der Waals surface area contributed by atoms with Crippen LogP contribution in [0.1, 0.15) is 12.6 Å². The molecule has 0 radical (unpaired) electrons. The Hall–Kier alpha value is -1.97. The fourth-order valence-electron chi connectivity index (χ4n) is 1.89. The molecule has 96 valence electrons. The van der Waals surface area contributed by atoms with E-state index in [0.29, 0.717) is 12.3 Å². The van der Waals surface area contributed by atoms with Gasteiger partial charge in [0.1, 0.15) is 11.6 Å². The first kappa shape index (κ1) is 12.5. The van der Waals surface area contributed by atoms with Gasteiger partial charge >= 0.3 is 0 Å². The maximum Gasteiger partial charge on any atom is 0.128 e. The molecule has 2 aromatic rings. The third-order valence-corrected chi connectivity index (χ3v) is 2.84. The van der Waals surface area contributed by atoms with Gasteiger partial charge in [-0.2, -0.15) is 0 Å². The molecule has 18 heavy (non-hydrogen) atoms. The Morgan fingerprint density at radius 2 is 2.17 bits per heavy atom. The molecule has 0 unspecified atom stereocenters. The van der Waals surface area contributed by atoms with Crippen molar-refractivity contribution >= 4 is 5.69 Å². The molecule has 0 spiro atoms. The minimum Gasteiger partial charge on any atom is -0.497 e. The van der Waals surface area contributed by atoms with Crippen molar-refractivity contribution in [1.29, 1.82) is 0 Å². The minimum atomic E-state index is -0.303. The number of aryl methyl sites for hydroxylation is 1. The lowest BCUT2D eigenvalue weighted by molar-refractivity contribution is 0.411. The highest BCUT2D eigenvalue weighted by Crippen LogP contribution is 2.20. The zero-order valence-electron chi connectivity index (χ0n) is 10.6. The second-order valence-corrected chi connectivity index (χ2v) is 4.02. The molecule has 0 aliphatic rings. The summed E-state index contributed by atoms with van der Waals surface area (Å²) in [5, 5.41) is 3.20. The number of ether oxygens (including phenoxy) is 1. The zero-order chi connectivity index (χ0) is 13.0. The van der Waals surface area contributed by atoms with Crippen LogP contribution < -0.4 is 10.1 Å². The summed E-state index contributed by atoms with van der Waals surface area (Å²) >= 11 is 0. The molecule has 2 rings (SSSR count). The summed E-state index contributed by atoms with van der Waals surface area (Å²) < 4.78 is 20.5. The van der Waals surface area contributed by atoms with Crippen LogP contribution in [0.5, 0.6) is 5.75 Å². The molecule has 0 saturated carbocycles. The molecule has 3 nitrogen and oxygen atoms in total. The number of nitrogens with zero attached hydrogens (tertiary/aromatic N) is 1. The summed E-state index contributed by atoms with van der Waals surface area (Å²) in [7, 11) is 1.53. The largest absolute Gasteiger partial charge is 0.497 e. The molecule has 0 amide bonds. The molecule has 0 atom stereocenters. The molecule has 4 heteroatoms. The predicted molar refractivity (Wildman–Crippen MR) is 70.4 cm³/mol. The first-order chi connectivity index (χ1) is 8.72. The second kappa shape index (κ2) is 5.58. The molecule has 1 N–H and O–H groups in total. The van der Waals surface area contributed by atoms with Crippen LogP contribution >= 0.6 is 0 Å². The van der Waals surface area contributed by atoms with E-state index in [1.807, 2.05) is 18.3 Å². The standard InChI is InChI=1S/C14H17FN2O/c1-3-17-6-4-5-13(17)10-16-12-7-11(15)8-14(9-12)18-2/h4-9,16H,3,10H2,1-2H3. The van der Waals surface area contributed by atoms with Gasteiger partial charge in [-0.1, -0.05) is 0 Å². The SMILES string of the molecule is CCn1cccc1CNc1cc(F)cc(OC)c1. The van der Waals surface area contributed by atoms with Gasteiger partial charge in [-0.15, -0.1) is 0 Å². The molecule has 0 saturated heterocycles. The first-order valence-electron chi connectivity index (χ1n) is 5.95. The number of methoxy groups -OCH3 is 1. The van der Waals surface area contributed by atoms with Gasteiger partial charge < -0.3 is 14.6 Å². The lowest BCUT2D eigenvalue weighted by Gasteiger charge is -2.10. The maximum absolute atomic E-state index is 13.3. The van der Waals surface area contributed by atoms with E-state index in [1.54, 1.807) is 6.07 Å². The van der Waals surface area contributed by atoms with Crippen LogP contribution in [0.15, 0.2) is 36.5 Å². The van der Waals surface area contributed by atoms with E-state index in [9.17, 15) is 4.39 Å². The topological polar surface area (TPSA) is 26.2 Å². The van der Waals surface area contributed by atoms with E-state index in [4.69, 9.17) is 4.74 Å². The van der Waals surface area contributed by atoms with E-state index in [1.165, 1.54) is 24.9 Å². The van der Waals surface area contributed by atoms with Crippen LogP contribution in [0.4, 0.5) is 10.1 Å². The van der Waals surface area contributed by atoms with Gasteiger partial charge in [0.05, 0.1) is 13.7 Å². The zero-order valence-corrected chi connectivity index (χ0v) is 10.6. The summed E-state index contributed by atoms with van der Waals surface area (Å²) in [6.45, 7) is 3.68. The van der Waals surface area contributed by atoms with Gasteiger partial charge in [0.15, 0.2) is 0 Å². The lowest BCUT2D eigenvalue weighted by atomic mass is 10.3. The van der Waals surface area contributed by atoms with Gasteiger partial charge in [0, 0.05) is 36.3 Å². The third-order valence-electron chi connectivity index (χ3n) is 2.84. The maximum atomic E-state index is 13.3. The summed E-state index contributed by atoms with van der Waals surface area (Å²) in [6, 6.07) is 8.66. The number of nitrogens with one attached hydrogen (secondary N) is 1. The molecule has 1 aromatic carbocycles. The molecule has 1 heterocycles. The number of aromatic nitrogens is 1. The second-order valence-electron chi connectivity index (χ2n) is 4.02. The van der Waals surface area contributed by atoms with Crippen LogP contribution in [0.25, 0.3) is 0 Å². The fraction of sp³-hybridized carbons (Fsp3) is 0.286. The van der Waals surface area contributed by atoms with Gasteiger partial charge in [0.25, 0.3) is 0 Å². The average molecular weight is 248 g/mol. The van der Waals surface area contributed by atoms with Crippen LogP contribution in [0.3, 0.4) is 0 Å². The van der Waals surface area contributed by atoms with E-state index in [0.717, 1.165) is 12.2 Å². The summed E-state index contributed by atoms with van der Waals surface area (Å²) in [5.41, 5.74) is 1.89.